The zero-order chi connectivity index (χ0) is 42.4. The molecule has 1 amide bonds. The Kier molecular flexibility index (Phi) is 45.9. The van der Waals surface area contributed by atoms with Crippen LogP contribution in [0.15, 0.2) is 24.3 Å². The van der Waals surface area contributed by atoms with E-state index in [0.717, 1.165) is 44.9 Å². The second-order valence-electron chi connectivity index (χ2n) is 17.9. The minimum absolute atomic E-state index is 0.357. The molecule has 6 nitrogen and oxygen atoms in total. The van der Waals surface area contributed by atoms with Crippen LogP contribution in [0.1, 0.15) is 271 Å². The van der Waals surface area contributed by atoms with Crippen LogP contribution in [0.5, 0.6) is 0 Å². The first-order valence-electron chi connectivity index (χ1n) is 25.7. The zero-order valence-corrected chi connectivity index (χ0v) is 38.8. The number of hydrogen-bond donors (Lipinski definition) is 5. The van der Waals surface area contributed by atoms with E-state index in [9.17, 15) is 25.2 Å². The average Bonchev–Trinajstić information content (AvgIpc) is 3.23. The molecule has 0 aliphatic carbocycles. The minimum atomic E-state index is -1.28. The van der Waals surface area contributed by atoms with Gasteiger partial charge in [0.2, 0.25) is 5.91 Å². The van der Waals surface area contributed by atoms with E-state index in [1.165, 1.54) is 199 Å². The number of nitrogens with one attached hydrogen (secondary N) is 1. The Balaban J connectivity index is 3.67. The third-order valence-electron chi connectivity index (χ3n) is 12.1. The van der Waals surface area contributed by atoms with Crippen LogP contribution in [0.2, 0.25) is 0 Å². The molecule has 0 fully saturated rings. The fourth-order valence-corrected chi connectivity index (χ4v) is 8.05. The summed E-state index contributed by atoms with van der Waals surface area (Å²) in [4.78, 5) is 12.5. The van der Waals surface area contributed by atoms with E-state index in [1.807, 2.05) is 0 Å². The molecule has 0 aliphatic rings. The molecule has 0 rings (SSSR count). The van der Waals surface area contributed by atoms with Gasteiger partial charge in [-0.05, 0) is 64.2 Å². The summed E-state index contributed by atoms with van der Waals surface area (Å²) in [6.07, 6.45) is 55.2. The van der Waals surface area contributed by atoms with Crippen LogP contribution in [-0.2, 0) is 4.79 Å². The molecule has 0 saturated heterocycles. The quantitative estimate of drug-likeness (QED) is 0.0310. The second-order valence-corrected chi connectivity index (χ2v) is 17.9. The van der Waals surface area contributed by atoms with Crippen molar-refractivity contribution in [3.05, 3.63) is 24.3 Å². The monoisotopic (exact) mass is 820 g/mol. The summed E-state index contributed by atoms with van der Waals surface area (Å²) in [7, 11) is 0. The first-order valence-corrected chi connectivity index (χ1v) is 25.7. The van der Waals surface area contributed by atoms with Crippen LogP contribution < -0.4 is 5.32 Å². The molecule has 0 aliphatic heterocycles. The highest BCUT2D eigenvalue weighted by atomic mass is 16.3. The lowest BCUT2D eigenvalue weighted by Gasteiger charge is -2.27. The standard InChI is InChI=1S/C52H101NO5/c1-3-5-7-9-11-13-15-17-19-21-22-23-24-25-26-27-28-29-30-32-33-35-37-39-41-43-45-49(55)51(57)48(47-54)53-52(58)50(56)46-44-42-40-38-36-34-31-20-18-16-14-12-10-8-6-4-2/h18,20,37,39,48-51,54-57H,3-17,19,21-36,38,40-47H2,1-2H3,(H,53,58)/b20-18-,39-37+. The summed E-state index contributed by atoms with van der Waals surface area (Å²) in [6.45, 7) is 4.05. The van der Waals surface area contributed by atoms with E-state index in [4.69, 9.17) is 0 Å². The van der Waals surface area contributed by atoms with Crippen LogP contribution in [0.25, 0.3) is 0 Å². The van der Waals surface area contributed by atoms with Gasteiger partial charge < -0.3 is 25.7 Å². The van der Waals surface area contributed by atoms with Gasteiger partial charge >= 0.3 is 0 Å². The maximum atomic E-state index is 12.5. The molecule has 5 N–H and O–H groups in total. The summed E-state index contributed by atoms with van der Waals surface area (Å²) in [5.41, 5.74) is 0. The molecular formula is C52H101NO5. The molecule has 4 unspecified atom stereocenters. The third kappa shape index (κ3) is 40.2. The highest BCUT2D eigenvalue weighted by Gasteiger charge is 2.28. The molecule has 0 spiro atoms. The van der Waals surface area contributed by atoms with Crippen molar-refractivity contribution in [2.75, 3.05) is 6.61 Å². The highest BCUT2D eigenvalue weighted by Crippen LogP contribution is 2.17. The van der Waals surface area contributed by atoms with Gasteiger partial charge in [0.15, 0.2) is 0 Å². The predicted octanol–water partition coefficient (Wildman–Crippen LogP) is 14.3. The molecule has 0 heterocycles. The molecular weight excluding hydrogens is 719 g/mol. The predicted molar refractivity (Wildman–Crippen MR) is 251 cm³/mol. The number of amides is 1. The summed E-state index contributed by atoms with van der Waals surface area (Å²) in [6, 6.07) is -1.00. The van der Waals surface area contributed by atoms with Gasteiger partial charge in [-0.2, -0.15) is 0 Å². The lowest BCUT2D eigenvalue weighted by atomic mass is 10.00. The number of hydrogen-bond acceptors (Lipinski definition) is 5. The third-order valence-corrected chi connectivity index (χ3v) is 12.1. The van der Waals surface area contributed by atoms with Gasteiger partial charge in [-0.15, -0.1) is 0 Å². The maximum Gasteiger partial charge on any atom is 0.249 e. The van der Waals surface area contributed by atoms with Gasteiger partial charge in [0.1, 0.15) is 12.2 Å². The maximum absolute atomic E-state index is 12.5. The Morgan fingerprint density at radius 1 is 0.414 bits per heavy atom. The van der Waals surface area contributed by atoms with E-state index in [1.54, 1.807) is 0 Å². The minimum Gasteiger partial charge on any atom is -0.394 e. The van der Waals surface area contributed by atoms with Gasteiger partial charge in [-0.1, -0.05) is 231 Å². The largest absolute Gasteiger partial charge is 0.394 e. The van der Waals surface area contributed by atoms with Crippen molar-refractivity contribution < 1.29 is 25.2 Å². The molecule has 0 bridgehead atoms. The second kappa shape index (κ2) is 46.8. The Labute approximate surface area is 361 Å². The van der Waals surface area contributed by atoms with Crippen LogP contribution in [-0.4, -0.2) is 57.3 Å². The van der Waals surface area contributed by atoms with Gasteiger partial charge in [0, 0.05) is 0 Å². The number of allylic oxidation sites excluding steroid dienone is 4. The summed E-state index contributed by atoms with van der Waals surface area (Å²) in [5.74, 6) is -0.596. The number of aliphatic hydroxyl groups is 4. The molecule has 0 radical (unpaired) electrons. The van der Waals surface area contributed by atoms with E-state index >= 15 is 0 Å². The van der Waals surface area contributed by atoms with Crippen molar-refractivity contribution in [1.29, 1.82) is 0 Å². The SMILES string of the molecule is CCCCCCCC/C=C\CCCCCCCCC(O)C(=O)NC(CO)C(O)C(O)CCC/C=C/CCCCCCCCCCCCCCCCCCCCCCC. The number of aliphatic hydroxyl groups excluding tert-OH is 4. The fourth-order valence-electron chi connectivity index (χ4n) is 8.05. The van der Waals surface area contributed by atoms with Crippen molar-refractivity contribution in [3.63, 3.8) is 0 Å². The lowest BCUT2D eigenvalue weighted by Crippen LogP contribution is -2.53. The van der Waals surface area contributed by atoms with Crippen LogP contribution in [0, 0.1) is 0 Å². The molecule has 0 aromatic heterocycles. The average molecular weight is 820 g/mol. The number of carbonyl (C=O) groups excluding carboxylic acids is 1. The van der Waals surface area contributed by atoms with Crippen molar-refractivity contribution in [3.8, 4) is 0 Å². The zero-order valence-electron chi connectivity index (χ0n) is 38.8. The fraction of sp³-hybridized carbons (Fsp3) is 0.904. The molecule has 0 saturated carbocycles. The van der Waals surface area contributed by atoms with Crippen LogP contribution >= 0.6 is 0 Å². The van der Waals surface area contributed by atoms with E-state index in [-0.39, 0.29) is 0 Å². The highest BCUT2D eigenvalue weighted by molar-refractivity contribution is 5.80. The summed E-state index contributed by atoms with van der Waals surface area (Å²) < 4.78 is 0. The topological polar surface area (TPSA) is 110 Å². The Bertz CT molecular complexity index is 878. The first-order chi connectivity index (χ1) is 28.5. The Morgan fingerprint density at radius 3 is 1.03 bits per heavy atom. The smallest absolute Gasteiger partial charge is 0.249 e. The van der Waals surface area contributed by atoms with Gasteiger partial charge in [0.25, 0.3) is 0 Å². The normalized spacial score (nSPS) is 14.1. The van der Waals surface area contributed by atoms with E-state index in [2.05, 4.69) is 43.5 Å². The van der Waals surface area contributed by atoms with Gasteiger partial charge in [-0.3, -0.25) is 4.79 Å². The van der Waals surface area contributed by atoms with Gasteiger partial charge in [-0.25, -0.2) is 0 Å². The first kappa shape index (κ1) is 56.8. The van der Waals surface area contributed by atoms with Gasteiger partial charge in [0.05, 0.1) is 18.8 Å². The van der Waals surface area contributed by atoms with Crippen molar-refractivity contribution in [1.82, 2.24) is 5.32 Å². The molecule has 0 aromatic carbocycles. The summed E-state index contributed by atoms with van der Waals surface area (Å²) in [5, 5.41) is 43.8. The molecule has 58 heavy (non-hydrogen) atoms. The number of carbonyl (C=O) groups is 1. The number of unbranched alkanes of at least 4 members (excludes halogenated alkanes) is 34. The van der Waals surface area contributed by atoms with Crippen molar-refractivity contribution in [2.45, 2.75) is 295 Å². The van der Waals surface area contributed by atoms with E-state index in [0.29, 0.717) is 12.8 Å². The molecule has 344 valence electrons. The molecule has 4 atom stereocenters. The van der Waals surface area contributed by atoms with Crippen molar-refractivity contribution in [2.24, 2.45) is 0 Å². The van der Waals surface area contributed by atoms with Crippen LogP contribution in [0.3, 0.4) is 0 Å². The van der Waals surface area contributed by atoms with Crippen LogP contribution in [0.4, 0.5) is 0 Å². The Morgan fingerprint density at radius 2 is 0.707 bits per heavy atom. The number of rotatable bonds is 47. The van der Waals surface area contributed by atoms with E-state index < -0.39 is 36.9 Å². The molecule has 0 aromatic rings. The lowest BCUT2D eigenvalue weighted by molar-refractivity contribution is -0.132. The van der Waals surface area contributed by atoms with Crippen molar-refractivity contribution >= 4 is 5.91 Å². The summed E-state index contributed by atoms with van der Waals surface area (Å²) >= 11 is 0. The molecule has 6 heteroatoms. The Hall–Kier alpha value is -1.21.